The number of carbonyl (C=O) groups excluding carboxylic acids is 1. The lowest BCUT2D eigenvalue weighted by atomic mass is 9.78. The Morgan fingerprint density at radius 2 is 1.86 bits per heavy atom. The van der Waals surface area contributed by atoms with Crippen LogP contribution in [0.4, 0.5) is 4.79 Å². The van der Waals surface area contributed by atoms with Gasteiger partial charge in [-0.15, -0.1) is 0 Å². The van der Waals surface area contributed by atoms with E-state index in [4.69, 9.17) is 5.11 Å². The average molecular weight is 298 g/mol. The molecule has 0 aromatic carbocycles. The van der Waals surface area contributed by atoms with E-state index in [2.05, 4.69) is 19.2 Å². The van der Waals surface area contributed by atoms with Gasteiger partial charge in [-0.05, 0) is 39.0 Å². The van der Waals surface area contributed by atoms with Crippen molar-refractivity contribution in [3.8, 4) is 0 Å². The first kappa shape index (κ1) is 17.8. The van der Waals surface area contributed by atoms with Crippen molar-refractivity contribution in [1.29, 1.82) is 0 Å². The Morgan fingerprint density at radius 1 is 1.24 bits per heavy atom. The third kappa shape index (κ3) is 5.21. The average Bonchev–Trinajstić information content (AvgIpc) is 2.33. The van der Waals surface area contributed by atoms with Gasteiger partial charge < -0.3 is 15.3 Å². The van der Waals surface area contributed by atoms with Crippen LogP contribution < -0.4 is 5.32 Å². The summed E-state index contributed by atoms with van der Waals surface area (Å²) >= 11 is 0. The Balaban J connectivity index is 2.69. The van der Waals surface area contributed by atoms with Crippen molar-refractivity contribution in [3.63, 3.8) is 0 Å². The highest BCUT2D eigenvalue weighted by molar-refractivity contribution is 5.76. The standard InChI is InChI=1S/C16H30N2O3/c1-11-7-6-8-13(12(11)2)17-15(21)18(16(3,4)5)10-9-14(19)20/h11-13H,6-10H2,1-5H3,(H,17,21)(H,19,20). The van der Waals surface area contributed by atoms with E-state index < -0.39 is 5.97 Å². The van der Waals surface area contributed by atoms with Gasteiger partial charge in [0.2, 0.25) is 0 Å². The van der Waals surface area contributed by atoms with Crippen LogP contribution in [0, 0.1) is 11.8 Å². The minimum Gasteiger partial charge on any atom is -0.481 e. The molecule has 0 aromatic heterocycles. The molecule has 5 nitrogen and oxygen atoms in total. The quantitative estimate of drug-likeness (QED) is 0.838. The number of hydrogen-bond donors (Lipinski definition) is 2. The molecule has 122 valence electrons. The fourth-order valence-corrected chi connectivity index (χ4v) is 2.97. The van der Waals surface area contributed by atoms with Gasteiger partial charge in [0, 0.05) is 18.1 Å². The van der Waals surface area contributed by atoms with Gasteiger partial charge >= 0.3 is 12.0 Å². The summed E-state index contributed by atoms with van der Waals surface area (Å²) in [6.07, 6.45) is 3.34. The molecule has 1 aliphatic rings. The molecule has 1 rings (SSSR count). The summed E-state index contributed by atoms with van der Waals surface area (Å²) in [5, 5.41) is 12.0. The van der Waals surface area contributed by atoms with Crippen LogP contribution in [-0.2, 0) is 4.79 Å². The first-order valence-electron chi connectivity index (χ1n) is 7.93. The van der Waals surface area contributed by atoms with Gasteiger partial charge in [0.05, 0.1) is 6.42 Å². The van der Waals surface area contributed by atoms with Crippen molar-refractivity contribution < 1.29 is 14.7 Å². The third-order valence-corrected chi connectivity index (χ3v) is 4.62. The minimum absolute atomic E-state index is 0.0265. The Labute approximate surface area is 128 Å². The van der Waals surface area contributed by atoms with Crippen LogP contribution in [0.3, 0.4) is 0 Å². The number of urea groups is 1. The van der Waals surface area contributed by atoms with Gasteiger partial charge in [-0.3, -0.25) is 4.79 Å². The number of hydrogen-bond acceptors (Lipinski definition) is 2. The monoisotopic (exact) mass is 298 g/mol. The van der Waals surface area contributed by atoms with Crippen LogP contribution in [0.15, 0.2) is 0 Å². The molecular formula is C16H30N2O3. The maximum Gasteiger partial charge on any atom is 0.318 e. The molecule has 0 saturated heterocycles. The van der Waals surface area contributed by atoms with Crippen LogP contribution in [0.5, 0.6) is 0 Å². The SMILES string of the molecule is CC1CCCC(NC(=O)N(CCC(=O)O)C(C)(C)C)C1C. The Morgan fingerprint density at radius 3 is 2.38 bits per heavy atom. The maximum atomic E-state index is 12.5. The first-order chi connectivity index (χ1) is 9.62. The van der Waals surface area contributed by atoms with Crippen molar-refractivity contribution in [2.45, 2.75) is 71.9 Å². The van der Waals surface area contributed by atoms with Crippen LogP contribution in [-0.4, -0.2) is 40.1 Å². The molecule has 0 heterocycles. The zero-order valence-electron chi connectivity index (χ0n) is 14.0. The molecule has 1 fully saturated rings. The van der Waals surface area contributed by atoms with E-state index in [1.165, 1.54) is 6.42 Å². The zero-order valence-corrected chi connectivity index (χ0v) is 14.0. The fraction of sp³-hybridized carbons (Fsp3) is 0.875. The number of carbonyl (C=O) groups is 2. The predicted octanol–water partition coefficient (Wildman–Crippen LogP) is 3.10. The van der Waals surface area contributed by atoms with E-state index >= 15 is 0 Å². The first-order valence-corrected chi connectivity index (χ1v) is 7.93. The minimum atomic E-state index is -0.878. The van der Waals surface area contributed by atoms with Crippen LogP contribution in [0.25, 0.3) is 0 Å². The van der Waals surface area contributed by atoms with Gasteiger partial charge in [-0.25, -0.2) is 4.79 Å². The number of nitrogens with one attached hydrogen (secondary N) is 1. The number of carboxylic acids is 1. The predicted molar refractivity (Wildman–Crippen MR) is 83.2 cm³/mol. The van der Waals surface area contributed by atoms with Crippen molar-refractivity contribution in [1.82, 2.24) is 10.2 Å². The van der Waals surface area contributed by atoms with Crippen molar-refractivity contribution in [2.75, 3.05) is 6.54 Å². The molecule has 5 heteroatoms. The van der Waals surface area contributed by atoms with E-state index in [1.54, 1.807) is 4.90 Å². The van der Waals surface area contributed by atoms with Gasteiger partial charge in [0.15, 0.2) is 0 Å². The van der Waals surface area contributed by atoms with E-state index in [9.17, 15) is 9.59 Å². The number of carboxylic acid groups (broad SMARTS) is 1. The third-order valence-electron chi connectivity index (χ3n) is 4.62. The zero-order chi connectivity index (χ0) is 16.2. The maximum absolute atomic E-state index is 12.5. The summed E-state index contributed by atoms with van der Waals surface area (Å²) in [5.41, 5.74) is -0.386. The Kier molecular flexibility index (Phi) is 6.05. The molecule has 1 aliphatic carbocycles. The molecular weight excluding hydrogens is 268 g/mol. The highest BCUT2D eigenvalue weighted by Gasteiger charge is 2.32. The number of nitrogens with zero attached hydrogens (tertiary/aromatic N) is 1. The summed E-state index contributed by atoms with van der Waals surface area (Å²) in [4.78, 5) is 25.0. The highest BCUT2D eigenvalue weighted by Crippen LogP contribution is 2.29. The summed E-state index contributed by atoms with van der Waals surface area (Å²) in [6, 6.07) is 0.0469. The molecule has 0 radical (unpaired) electrons. The molecule has 1 saturated carbocycles. The second kappa shape index (κ2) is 7.14. The number of aliphatic carboxylic acids is 1. The number of rotatable bonds is 4. The summed E-state index contributed by atoms with van der Waals surface area (Å²) in [6.45, 7) is 10.5. The van der Waals surface area contributed by atoms with Crippen molar-refractivity contribution in [2.24, 2.45) is 11.8 Å². The van der Waals surface area contributed by atoms with E-state index in [-0.39, 0.29) is 30.6 Å². The summed E-state index contributed by atoms with van der Waals surface area (Å²) in [5.74, 6) is 0.201. The van der Waals surface area contributed by atoms with Gasteiger partial charge in [-0.1, -0.05) is 26.7 Å². The van der Waals surface area contributed by atoms with Gasteiger partial charge in [-0.2, -0.15) is 0 Å². The highest BCUT2D eigenvalue weighted by atomic mass is 16.4. The Hall–Kier alpha value is -1.26. The van der Waals surface area contributed by atoms with E-state index in [0.29, 0.717) is 11.8 Å². The van der Waals surface area contributed by atoms with Crippen LogP contribution >= 0.6 is 0 Å². The summed E-state index contributed by atoms with van der Waals surface area (Å²) < 4.78 is 0. The van der Waals surface area contributed by atoms with Crippen molar-refractivity contribution >= 4 is 12.0 Å². The molecule has 3 unspecified atom stereocenters. The fourth-order valence-electron chi connectivity index (χ4n) is 2.97. The Bertz CT molecular complexity index is 376. The van der Waals surface area contributed by atoms with E-state index in [0.717, 1.165) is 12.8 Å². The van der Waals surface area contributed by atoms with Gasteiger partial charge in [0.25, 0.3) is 0 Å². The van der Waals surface area contributed by atoms with Crippen LogP contribution in [0.2, 0.25) is 0 Å². The van der Waals surface area contributed by atoms with Gasteiger partial charge in [0.1, 0.15) is 0 Å². The van der Waals surface area contributed by atoms with E-state index in [1.807, 2.05) is 20.8 Å². The molecule has 0 bridgehead atoms. The molecule has 21 heavy (non-hydrogen) atoms. The molecule has 0 aliphatic heterocycles. The van der Waals surface area contributed by atoms with Crippen LogP contribution in [0.1, 0.15) is 60.3 Å². The lowest BCUT2D eigenvalue weighted by Crippen LogP contribution is -2.55. The number of amides is 2. The molecule has 2 amide bonds. The largest absolute Gasteiger partial charge is 0.481 e. The second-order valence-corrected chi connectivity index (χ2v) is 7.29. The molecule has 0 aromatic rings. The van der Waals surface area contributed by atoms with Crippen molar-refractivity contribution in [3.05, 3.63) is 0 Å². The lowest BCUT2D eigenvalue weighted by molar-refractivity contribution is -0.137. The topological polar surface area (TPSA) is 69.6 Å². The lowest BCUT2D eigenvalue weighted by Gasteiger charge is -2.40. The molecule has 3 atom stereocenters. The molecule has 2 N–H and O–H groups in total. The second-order valence-electron chi connectivity index (χ2n) is 7.29. The smallest absolute Gasteiger partial charge is 0.318 e. The normalized spacial score (nSPS) is 26.2. The molecule has 0 spiro atoms. The summed E-state index contributed by atoms with van der Waals surface area (Å²) in [7, 11) is 0.